The first kappa shape index (κ1) is 12.8. The molecule has 0 aliphatic rings. The van der Waals surface area contributed by atoms with E-state index in [0.717, 1.165) is 6.92 Å². The van der Waals surface area contributed by atoms with Gasteiger partial charge in [0.25, 0.3) is 0 Å². The monoisotopic (exact) mass is 210 g/mol. The Bertz CT molecular complexity index is 229. The molecule has 0 saturated heterocycles. The number of hydrogen-bond donors (Lipinski definition) is 1. The van der Waals surface area contributed by atoms with Crippen LogP contribution in [-0.4, -0.2) is 30.1 Å². The molecule has 6 heteroatoms. The van der Waals surface area contributed by atoms with Gasteiger partial charge in [-0.15, -0.1) is 0 Å². The van der Waals surface area contributed by atoms with E-state index in [0.29, 0.717) is 0 Å². The Morgan fingerprint density at radius 2 is 2.00 bits per heavy atom. The highest BCUT2D eigenvalue weighted by molar-refractivity contribution is 5.98. The number of ether oxygens (including phenoxy) is 1. The predicted molar refractivity (Wildman–Crippen MR) is 43.0 cm³/mol. The maximum absolute atomic E-state index is 12.0. The second kappa shape index (κ2) is 4.88. The Balaban J connectivity index is 4.71. The number of hydrogen-bond acceptors (Lipinski definition) is 3. The molecule has 1 unspecified atom stereocenters. The minimum atomic E-state index is -2.86. The lowest BCUT2D eigenvalue weighted by Gasteiger charge is -2.21. The Morgan fingerprint density at radius 1 is 1.50 bits per heavy atom. The van der Waals surface area contributed by atoms with Crippen LogP contribution >= 0.6 is 0 Å². The number of carbonyl (C=O) groups excluding carboxylic acids is 1. The molecule has 0 rings (SSSR count). The van der Waals surface area contributed by atoms with Crippen LogP contribution in [0.3, 0.4) is 0 Å². The van der Waals surface area contributed by atoms with Crippen LogP contribution in [0, 0.1) is 5.41 Å². The van der Waals surface area contributed by atoms with Gasteiger partial charge < -0.3 is 9.84 Å². The third-order valence-electron chi connectivity index (χ3n) is 1.76. The van der Waals surface area contributed by atoms with Crippen LogP contribution in [0.15, 0.2) is 0 Å². The molecule has 0 amide bonds. The van der Waals surface area contributed by atoms with Gasteiger partial charge in [-0.2, -0.15) is 0 Å². The Labute approximate surface area is 79.9 Å². The molecule has 1 atom stereocenters. The molecule has 0 aliphatic carbocycles. The van der Waals surface area contributed by atoms with Gasteiger partial charge in [0.2, 0.25) is 6.43 Å². The molecule has 0 heterocycles. The van der Waals surface area contributed by atoms with Crippen molar-refractivity contribution in [3.63, 3.8) is 0 Å². The van der Waals surface area contributed by atoms with Gasteiger partial charge in [-0.1, -0.05) is 0 Å². The fourth-order valence-corrected chi connectivity index (χ4v) is 0.857. The lowest BCUT2D eigenvalue weighted by molar-refractivity contribution is -0.170. The van der Waals surface area contributed by atoms with E-state index in [9.17, 15) is 18.4 Å². The molecule has 1 N–H and O–H groups in total. The molecule has 0 aliphatic heterocycles. The molecule has 82 valence electrons. The van der Waals surface area contributed by atoms with Crippen molar-refractivity contribution in [3.8, 4) is 0 Å². The standard InChI is InChI=1S/C8H12F2O4/c1-3-14-7(13)8(2,6(11)12)4-5(9)10/h5H,3-4H2,1-2H3,(H,11,12). The van der Waals surface area contributed by atoms with Crippen LogP contribution in [-0.2, 0) is 14.3 Å². The first-order valence-corrected chi connectivity index (χ1v) is 4.03. The van der Waals surface area contributed by atoms with Crippen LogP contribution in [0.1, 0.15) is 20.3 Å². The van der Waals surface area contributed by atoms with Crippen molar-refractivity contribution in [3.05, 3.63) is 0 Å². The number of rotatable bonds is 5. The van der Waals surface area contributed by atoms with E-state index in [2.05, 4.69) is 4.74 Å². The second-order valence-corrected chi connectivity index (χ2v) is 2.95. The first-order chi connectivity index (χ1) is 6.34. The highest BCUT2D eigenvalue weighted by atomic mass is 19.3. The maximum atomic E-state index is 12.0. The van der Waals surface area contributed by atoms with Crippen molar-refractivity contribution in [1.82, 2.24) is 0 Å². The average Bonchev–Trinajstić information content (AvgIpc) is 2.02. The molecule has 14 heavy (non-hydrogen) atoms. The normalized spacial score (nSPS) is 14.9. The summed E-state index contributed by atoms with van der Waals surface area (Å²) in [7, 11) is 0. The highest BCUT2D eigenvalue weighted by Crippen LogP contribution is 2.27. The van der Waals surface area contributed by atoms with Crippen molar-refractivity contribution in [2.45, 2.75) is 26.7 Å². The van der Waals surface area contributed by atoms with E-state index >= 15 is 0 Å². The highest BCUT2D eigenvalue weighted by Gasteiger charge is 2.45. The lowest BCUT2D eigenvalue weighted by atomic mass is 9.87. The molecular weight excluding hydrogens is 198 g/mol. The Kier molecular flexibility index (Phi) is 4.46. The minimum absolute atomic E-state index is 0.0368. The smallest absolute Gasteiger partial charge is 0.323 e. The van der Waals surface area contributed by atoms with Crippen molar-refractivity contribution in [1.29, 1.82) is 0 Å². The summed E-state index contributed by atoms with van der Waals surface area (Å²) in [6.07, 6.45) is -3.90. The van der Waals surface area contributed by atoms with Gasteiger partial charge in [0, 0.05) is 6.42 Å². The van der Waals surface area contributed by atoms with Gasteiger partial charge in [0.15, 0.2) is 5.41 Å². The fourth-order valence-electron chi connectivity index (χ4n) is 0.857. The van der Waals surface area contributed by atoms with Crippen LogP contribution in [0.5, 0.6) is 0 Å². The Morgan fingerprint density at radius 3 is 2.29 bits per heavy atom. The topological polar surface area (TPSA) is 63.6 Å². The quantitative estimate of drug-likeness (QED) is 0.548. The molecule has 0 fully saturated rings. The summed E-state index contributed by atoms with van der Waals surface area (Å²) in [6.45, 7) is 2.37. The maximum Gasteiger partial charge on any atom is 0.323 e. The van der Waals surface area contributed by atoms with Crippen molar-refractivity contribution < 1.29 is 28.2 Å². The minimum Gasteiger partial charge on any atom is -0.480 e. The van der Waals surface area contributed by atoms with E-state index in [-0.39, 0.29) is 6.61 Å². The number of alkyl halides is 2. The third kappa shape index (κ3) is 2.93. The largest absolute Gasteiger partial charge is 0.480 e. The molecule has 0 aromatic rings. The number of carboxylic acid groups (broad SMARTS) is 1. The van der Waals surface area contributed by atoms with Gasteiger partial charge >= 0.3 is 11.9 Å². The number of carboxylic acids is 1. The zero-order valence-corrected chi connectivity index (χ0v) is 7.92. The van der Waals surface area contributed by atoms with Gasteiger partial charge in [-0.05, 0) is 13.8 Å². The molecule has 4 nitrogen and oxygen atoms in total. The molecule has 0 aromatic heterocycles. The SMILES string of the molecule is CCOC(=O)C(C)(CC(F)F)C(=O)O. The van der Waals surface area contributed by atoms with Gasteiger partial charge in [0.1, 0.15) is 0 Å². The van der Waals surface area contributed by atoms with Crippen LogP contribution in [0.4, 0.5) is 8.78 Å². The van der Waals surface area contributed by atoms with E-state index in [1.54, 1.807) is 0 Å². The fraction of sp³-hybridized carbons (Fsp3) is 0.750. The summed E-state index contributed by atoms with van der Waals surface area (Å²) in [4.78, 5) is 21.7. The van der Waals surface area contributed by atoms with Gasteiger partial charge in [-0.3, -0.25) is 9.59 Å². The number of halogens is 2. The van der Waals surface area contributed by atoms with E-state index in [1.165, 1.54) is 6.92 Å². The summed E-state index contributed by atoms with van der Waals surface area (Å²) < 4.78 is 28.5. The number of carbonyl (C=O) groups is 2. The van der Waals surface area contributed by atoms with E-state index in [1.807, 2.05) is 0 Å². The summed E-state index contributed by atoms with van der Waals surface area (Å²) >= 11 is 0. The van der Waals surface area contributed by atoms with E-state index in [4.69, 9.17) is 5.11 Å². The summed E-state index contributed by atoms with van der Waals surface area (Å²) in [6, 6.07) is 0. The van der Waals surface area contributed by atoms with E-state index < -0.39 is 30.2 Å². The molecular formula is C8H12F2O4. The second-order valence-electron chi connectivity index (χ2n) is 2.95. The zero-order chi connectivity index (χ0) is 11.4. The summed E-state index contributed by atoms with van der Waals surface area (Å²) in [5.41, 5.74) is -2.16. The van der Waals surface area contributed by atoms with Gasteiger partial charge in [-0.25, -0.2) is 8.78 Å². The van der Waals surface area contributed by atoms with Crippen LogP contribution < -0.4 is 0 Å². The van der Waals surface area contributed by atoms with Crippen molar-refractivity contribution in [2.24, 2.45) is 5.41 Å². The van der Waals surface area contributed by atoms with Crippen molar-refractivity contribution in [2.75, 3.05) is 6.61 Å². The molecule has 0 radical (unpaired) electrons. The molecule has 0 saturated carbocycles. The lowest BCUT2D eigenvalue weighted by Crippen LogP contribution is -2.39. The number of aliphatic carboxylic acids is 1. The number of esters is 1. The average molecular weight is 210 g/mol. The third-order valence-corrected chi connectivity index (χ3v) is 1.76. The van der Waals surface area contributed by atoms with Crippen LogP contribution in [0.2, 0.25) is 0 Å². The van der Waals surface area contributed by atoms with Gasteiger partial charge in [0.05, 0.1) is 6.61 Å². The molecule has 0 aromatic carbocycles. The van der Waals surface area contributed by atoms with Crippen molar-refractivity contribution >= 4 is 11.9 Å². The molecule has 0 spiro atoms. The first-order valence-electron chi connectivity index (χ1n) is 4.03. The predicted octanol–water partition coefficient (Wildman–Crippen LogP) is 1.30. The Hall–Kier alpha value is -1.20. The summed E-state index contributed by atoms with van der Waals surface area (Å²) in [5.74, 6) is -2.73. The molecule has 0 bridgehead atoms. The zero-order valence-electron chi connectivity index (χ0n) is 7.92. The summed E-state index contributed by atoms with van der Waals surface area (Å²) in [5, 5.41) is 8.64. The van der Waals surface area contributed by atoms with Crippen LogP contribution in [0.25, 0.3) is 0 Å².